The van der Waals surface area contributed by atoms with Gasteiger partial charge in [-0.25, -0.2) is 0 Å². The SMILES string of the molecule is C=CCC(N)C(=O)N(C)Cc1c(C)noc1C. The lowest BCUT2D eigenvalue weighted by molar-refractivity contribution is -0.131. The van der Waals surface area contributed by atoms with E-state index in [0.717, 1.165) is 17.0 Å². The highest BCUT2D eigenvalue weighted by atomic mass is 16.5. The molecule has 1 heterocycles. The van der Waals surface area contributed by atoms with Crippen LogP contribution >= 0.6 is 0 Å². The van der Waals surface area contributed by atoms with E-state index in [-0.39, 0.29) is 5.91 Å². The summed E-state index contributed by atoms with van der Waals surface area (Å²) in [5.41, 5.74) is 7.47. The normalized spacial score (nSPS) is 12.2. The number of rotatable bonds is 5. The molecule has 0 radical (unpaired) electrons. The topological polar surface area (TPSA) is 72.4 Å². The van der Waals surface area contributed by atoms with E-state index in [1.807, 2.05) is 13.8 Å². The van der Waals surface area contributed by atoms with Gasteiger partial charge in [-0.05, 0) is 20.3 Å². The van der Waals surface area contributed by atoms with Gasteiger partial charge < -0.3 is 15.2 Å². The molecule has 0 saturated carbocycles. The van der Waals surface area contributed by atoms with Crippen molar-refractivity contribution >= 4 is 5.91 Å². The monoisotopic (exact) mass is 237 g/mol. The van der Waals surface area contributed by atoms with Crippen LogP contribution in [-0.4, -0.2) is 29.1 Å². The zero-order chi connectivity index (χ0) is 13.0. The first-order chi connectivity index (χ1) is 7.97. The Morgan fingerprint density at radius 3 is 2.76 bits per heavy atom. The molecule has 0 aromatic carbocycles. The Morgan fingerprint density at radius 1 is 1.65 bits per heavy atom. The third-order valence-electron chi connectivity index (χ3n) is 2.69. The minimum atomic E-state index is -0.530. The van der Waals surface area contributed by atoms with Crippen LogP contribution in [0.1, 0.15) is 23.4 Å². The summed E-state index contributed by atoms with van der Waals surface area (Å²) in [7, 11) is 1.72. The summed E-state index contributed by atoms with van der Waals surface area (Å²) >= 11 is 0. The Bertz CT molecular complexity index is 392. The molecule has 1 atom stereocenters. The molecule has 0 aliphatic rings. The molecule has 1 unspecified atom stereocenters. The molecule has 0 aliphatic heterocycles. The number of nitrogens with two attached hydrogens (primary N) is 1. The summed E-state index contributed by atoms with van der Waals surface area (Å²) in [5, 5.41) is 3.85. The van der Waals surface area contributed by atoms with E-state index in [4.69, 9.17) is 10.3 Å². The summed E-state index contributed by atoms with van der Waals surface area (Å²) in [6, 6.07) is -0.530. The second-order valence-corrected chi connectivity index (χ2v) is 4.13. The largest absolute Gasteiger partial charge is 0.361 e. The summed E-state index contributed by atoms with van der Waals surface area (Å²) in [6.45, 7) is 7.72. The summed E-state index contributed by atoms with van der Waals surface area (Å²) in [4.78, 5) is 13.5. The third kappa shape index (κ3) is 3.17. The van der Waals surface area contributed by atoms with Crippen LogP contribution in [0.25, 0.3) is 0 Å². The van der Waals surface area contributed by atoms with E-state index in [2.05, 4.69) is 11.7 Å². The predicted molar refractivity (Wildman–Crippen MR) is 65.2 cm³/mol. The molecule has 1 aromatic rings. The fourth-order valence-corrected chi connectivity index (χ4v) is 1.61. The molecule has 17 heavy (non-hydrogen) atoms. The Balaban J connectivity index is 2.69. The van der Waals surface area contributed by atoms with Crippen molar-refractivity contribution in [2.24, 2.45) is 5.73 Å². The molecule has 1 rings (SSSR count). The molecule has 5 heteroatoms. The van der Waals surface area contributed by atoms with Crippen molar-refractivity contribution in [1.82, 2.24) is 10.1 Å². The molecular formula is C12H19N3O2. The number of amides is 1. The van der Waals surface area contributed by atoms with Crippen molar-refractivity contribution in [3.63, 3.8) is 0 Å². The van der Waals surface area contributed by atoms with Gasteiger partial charge in [-0.1, -0.05) is 11.2 Å². The van der Waals surface area contributed by atoms with Crippen LogP contribution in [0.5, 0.6) is 0 Å². The van der Waals surface area contributed by atoms with Gasteiger partial charge in [0, 0.05) is 12.6 Å². The molecule has 2 N–H and O–H groups in total. The van der Waals surface area contributed by atoms with Crippen LogP contribution in [0.4, 0.5) is 0 Å². The van der Waals surface area contributed by atoms with E-state index < -0.39 is 6.04 Å². The molecule has 0 spiro atoms. The first kappa shape index (κ1) is 13.4. The minimum Gasteiger partial charge on any atom is -0.361 e. The van der Waals surface area contributed by atoms with Gasteiger partial charge in [-0.15, -0.1) is 6.58 Å². The minimum absolute atomic E-state index is 0.107. The van der Waals surface area contributed by atoms with Crippen molar-refractivity contribution in [3.8, 4) is 0 Å². The maximum atomic E-state index is 11.9. The second kappa shape index (κ2) is 5.63. The van der Waals surface area contributed by atoms with Crippen LogP contribution in [0.15, 0.2) is 17.2 Å². The number of carbonyl (C=O) groups excluding carboxylic acids is 1. The highest BCUT2D eigenvalue weighted by molar-refractivity contribution is 5.81. The Morgan fingerprint density at radius 2 is 2.29 bits per heavy atom. The number of carbonyl (C=O) groups is 1. The van der Waals surface area contributed by atoms with Crippen molar-refractivity contribution < 1.29 is 9.32 Å². The van der Waals surface area contributed by atoms with E-state index in [1.165, 1.54) is 0 Å². The number of hydrogen-bond acceptors (Lipinski definition) is 4. The van der Waals surface area contributed by atoms with Crippen molar-refractivity contribution in [3.05, 3.63) is 29.7 Å². The predicted octanol–water partition coefficient (Wildman–Crippen LogP) is 1.15. The highest BCUT2D eigenvalue weighted by Gasteiger charge is 2.19. The Labute approximate surface area is 101 Å². The van der Waals surface area contributed by atoms with E-state index in [1.54, 1.807) is 18.0 Å². The van der Waals surface area contributed by atoms with E-state index >= 15 is 0 Å². The zero-order valence-corrected chi connectivity index (χ0v) is 10.6. The quantitative estimate of drug-likeness (QED) is 0.780. The first-order valence-electron chi connectivity index (χ1n) is 5.50. The maximum Gasteiger partial charge on any atom is 0.239 e. The maximum absolute atomic E-state index is 11.9. The lowest BCUT2D eigenvalue weighted by atomic mass is 10.1. The average Bonchev–Trinajstić information content (AvgIpc) is 2.60. The van der Waals surface area contributed by atoms with Crippen LogP contribution in [-0.2, 0) is 11.3 Å². The number of hydrogen-bond donors (Lipinski definition) is 1. The lowest BCUT2D eigenvalue weighted by Gasteiger charge is -2.20. The lowest BCUT2D eigenvalue weighted by Crippen LogP contribution is -2.41. The summed E-state index contributed by atoms with van der Waals surface area (Å²) in [5.74, 6) is 0.629. The number of likely N-dealkylation sites (N-methyl/N-ethyl adjacent to an activating group) is 1. The number of nitrogens with zero attached hydrogens (tertiary/aromatic N) is 2. The molecule has 0 fully saturated rings. The molecule has 1 amide bonds. The van der Waals surface area contributed by atoms with Gasteiger partial charge in [0.2, 0.25) is 5.91 Å². The Kier molecular flexibility index (Phi) is 4.45. The smallest absolute Gasteiger partial charge is 0.239 e. The van der Waals surface area contributed by atoms with Crippen molar-refractivity contribution in [2.45, 2.75) is 32.9 Å². The molecule has 5 nitrogen and oxygen atoms in total. The number of aryl methyl sites for hydroxylation is 2. The third-order valence-corrected chi connectivity index (χ3v) is 2.69. The van der Waals surface area contributed by atoms with Gasteiger partial charge in [-0.2, -0.15) is 0 Å². The fraction of sp³-hybridized carbons (Fsp3) is 0.500. The van der Waals surface area contributed by atoms with Gasteiger partial charge in [0.25, 0.3) is 0 Å². The standard InChI is InChI=1S/C12H19N3O2/c1-5-6-11(13)12(16)15(4)7-10-8(2)14-17-9(10)3/h5,11H,1,6-7,13H2,2-4H3. The van der Waals surface area contributed by atoms with Crippen LogP contribution < -0.4 is 5.73 Å². The molecule has 94 valence electrons. The molecular weight excluding hydrogens is 218 g/mol. The van der Waals surface area contributed by atoms with Crippen LogP contribution in [0.3, 0.4) is 0 Å². The molecule has 0 aliphatic carbocycles. The van der Waals surface area contributed by atoms with Crippen LogP contribution in [0.2, 0.25) is 0 Å². The second-order valence-electron chi connectivity index (χ2n) is 4.13. The fourth-order valence-electron chi connectivity index (χ4n) is 1.61. The average molecular weight is 237 g/mol. The molecule has 0 bridgehead atoms. The summed E-state index contributed by atoms with van der Waals surface area (Å²) in [6.07, 6.45) is 2.12. The number of aromatic nitrogens is 1. The van der Waals surface area contributed by atoms with Crippen molar-refractivity contribution in [2.75, 3.05) is 7.05 Å². The van der Waals surface area contributed by atoms with Gasteiger partial charge in [-0.3, -0.25) is 4.79 Å². The van der Waals surface area contributed by atoms with Gasteiger partial charge in [0.1, 0.15) is 5.76 Å². The first-order valence-corrected chi connectivity index (χ1v) is 5.50. The zero-order valence-electron chi connectivity index (χ0n) is 10.6. The van der Waals surface area contributed by atoms with Gasteiger partial charge in [0.15, 0.2) is 0 Å². The van der Waals surface area contributed by atoms with E-state index in [0.29, 0.717) is 13.0 Å². The van der Waals surface area contributed by atoms with Gasteiger partial charge >= 0.3 is 0 Å². The molecule has 0 saturated heterocycles. The molecule has 1 aromatic heterocycles. The van der Waals surface area contributed by atoms with Gasteiger partial charge in [0.05, 0.1) is 18.3 Å². The van der Waals surface area contributed by atoms with Crippen LogP contribution in [0, 0.1) is 13.8 Å². The van der Waals surface area contributed by atoms with E-state index in [9.17, 15) is 4.79 Å². The van der Waals surface area contributed by atoms with Crippen molar-refractivity contribution in [1.29, 1.82) is 0 Å². The summed E-state index contributed by atoms with van der Waals surface area (Å²) < 4.78 is 5.05. The highest BCUT2D eigenvalue weighted by Crippen LogP contribution is 2.14. The Hall–Kier alpha value is -1.62.